The molecule has 1 aliphatic rings. The molecule has 1 fully saturated rings. The van der Waals surface area contributed by atoms with Crippen molar-refractivity contribution in [1.82, 2.24) is 25.2 Å². The third-order valence-corrected chi connectivity index (χ3v) is 4.05. The van der Waals surface area contributed by atoms with Crippen LogP contribution in [-0.2, 0) is 6.42 Å². The number of likely N-dealkylation sites (tertiary alicyclic amines) is 1. The smallest absolute Gasteiger partial charge is 0.317 e. The van der Waals surface area contributed by atoms with Crippen molar-refractivity contribution < 1.29 is 4.79 Å². The summed E-state index contributed by atoms with van der Waals surface area (Å²) < 4.78 is 0. The minimum absolute atomic E-state index is 0.0304. The summed E-state index contributed by atoms with van der Waals surface area (Å²) in [5.74, 6) is 0. The van der Waals surface area contributed by atoms with E-state index in [0.29, 0.717) is 12.6 Å². The molecular weight excluding hydrogens is 278 g/mol. The zero-order chi connectivity index (χ0) is 15.2. The summed E-state index contributed by atoms with van der Waals surface area (Å²) in [4.78, 5) is 15.8. The van der Waals surface area contributed by atoms with Gasteiger partial charge in [-0.1, -0.05) is 30.3 Å². The van der Waals surface area contributed by atoms with Crippen molar-refractivity contribution >= 4 is 6.03 Å². The molecule has 1 N–H and O–H groups in total. The van der Waals surface area contributed by atoms with Gasteiger partial charge in [0.2, 0.25) is 0 Å². The summed E-state index contributed by atoms with van der Waals surface area (Å²) in [7, 11) is 0. The largest absolute Gasteiger partial charge is 0.338 e. The summed E-state index contributed by atoms with van der Waals surface area (Å²) in [5.41, 5.74) is 1.24. The first-order chi connectivity index (χ1) is 10.8. The fourth-order valence-electron chi connectivity index (χ4n) is 2.78. The van der Waals surface area contributed by atoms with E-state index in [1.165, 1.54) is 5.56 Å². The van der Waals surface area contributed by atoms with Crippen LogP contribution in [-0.4, -0.2) is 45.6 Å². The van der Waals surface area contributed by atoms with Crippen molar-refractivity contribution in [2.75, 3.05) is 19.6 Å². The van der Waals surface area contributed by atoms with Gasteiger partial charge in [-0.25, -0.2) is 4.79 Å². The highest BCUT2D eigenvalue weighted by Crippen LogP contribution is 2.20. The summed E-state index contributed by atoms with van der Waals surface area (Å²) in [6.07, 6.45) is 6.06. The zero-order valence-electron chi connectivity index (χ0n) is 12.6. The Balaban J connectivity index is 1.40. The number of piperidine rings is 1. The number of carbonyl (C=O) groups is 1. The van der Waals surface area contributed by atoms with E-state index in [1.54, 1.807) is 17.2 Å². The topological polar surface area (TPSA) is 63.1 Å². The molecule has 2 aromatic rings. The molecule has 116 valence electrons. The quantitative estimate of drug-likeness (QED) is 0.937. The maximum Gasteiger partial charge on any atom is 0.317 e. The lowest BCUT2D eigenvalue weighted by Gasteiger charge is -2.31. The minimum Gasteiger partial charge on any atom is -0.338 e. The van der Waals surface area contributed by atoms with Crippen molar-refractivity contribution in [3.63, 3.8) is 0 Å². The number of aromatic nitrogens is 3. The van der Waals surface area contributed by atoms with Gasteiger partial charge in [-0.05, 0) is 24.8 Å². The highest BCUT2D eigenvalue weighted by atomic mass is 16.2. The average molecular weight is 299 g/mol. The van der Waals surface area contributed by atoms with E-state index in [4.69, 9.17) is 0 Å². The van der Waals surface area contributed by atoms with E-state index in [0.717, 1.165) is 32.4 Å². The maximum atomic E-state index is 12.2. The summed E-state index contributed by atoms with van der Waals surface area (Å²) >= 11 is 0. The van der Waals surface area contributed by atoms with E-state index in [9.17, 15) is 4.79 Å². The van der Waals surface area contributed by atoms with E-state index >= 15 is 0 Å². The molecule has 22 heavy (non-hydrogen) atoms. The van der Waals surface area contributed by atoms with Crippen LogP contribution >= 0.6 is 0 Å². The Morgan fingerprint density at radius 2 is 1.82 bits per heavy atom. The van der Waals surface area contributed by atoms with Gasteiger partial charge in [-0.3, -0.25) is 0 Å². The molecule has 6 nitrogen and oxygen atoms in total. The van der Waals surface area contributed by atoms with Crippen LogP contribution < -0.4 is 5.32 Å². The van der Waals surface area contributed by atoms with Crippen LogP contribution in [0, 0.1) is 0 Å². The number of nitrogens with zero attached hydrogens (tertiary/aromatic N) is 4. The van der Waals surface area contributed by atoms with Gasteiger partial charge in [-0.2, -0.15) is 15.0 Å². The van der Waals surface area contributed by atoms with Gasteiger partial charge in [0.1, 0.15) is 0 Å². The van der Waals surface area contributed by atoms with Crippen molar-refractivity contribution in [3.8, 4) is 0 Å². The SMILES string of the molecule is O=C(NCCc1ccccc1)N1CCC(n2nccn2)CC1. The molecule has 0 aliphatic carbocycles. The molecule has 2 heterocycles. The van der Waals surface area contributed by atoms with Gasteiger partial charge in [0, 0.05) is 19.6 Å². The molecule has 0 atom stereocenters. The maximum absolute atomic E-state index is 12.2. The van der Waals surface area contributed by atoms with Crippen molar-refractivity contribution in [2.24, 2.45) is 0 Å². The second-order valence-electron chi connectivity index (χ2n) is 5.54. The van der Waals surface area contributed by atoms with Crippen molar-refractivity contribution in [1.29, 1.82) is 0 Å². The van der Waals surface area contributed by atoms with Crippen LogP contribution in [0.1, 0.15) is 24.4 Å². The molecule has 0 saturated carbocycles. The molecule has 0 unspecified atom stereocenters. The van der Waals surface area contributed by atoms with Gasteiger partial charge in [0.15, 0.2) is 0 Å². The van der Waals surface area contributed by atoms with Crippen LogP contribution in [0.5, 0.6) is 0 Å². The second-order valence-corrected chi connectivity index (χ2v) is 5.54. The third kappa shape index (κ3) is 3.63. The number of amides is 2. The first-order valence-electron chi connectivity index (χ1n) is 7.75. The average Bonchev–Trinajstić information content (AvgIpc) is 3.10. The van der Waals surface area contributed by atoms with E-state index in [-0.39, 0.29) is 6.03 Å². The lowest BCUT2D eigenvalue weighted by Crippen LogP contribution is -2.45. The molecule has 3 rings (SSSR count). The summed E-state index contributed by atoms with van der Waals surface area (Å²) in [6, 6.07) is 10.5. The molecule has 0 spiro atoms. The fraction of sp³-hybridized carbons (Fsp3) is 0.438. The molecule has 1 saturated heterocycles. The number of nitrogens with one attached hydrogen (secondary N) is 1. The normalized spacial score (nSPS) is 15.7. The van der Waals surface area contributed by atoms with E-state index < -0.39 is 0 Å². The molecule has 2 amide bonds. The van der Waals surface area contributed by atoms with Crippen LogP contribution in [0.15, 0.2) is 42.7 Å². The molecule has 0 bridgehead atoms. The van der Waals surface area contributed by atoms with Gasteiger partial charge in [-0.15, -0.1) is 0 Å². The molecular formula is C16H21N5O. The Morgan fingerprint density at radius 1 is 1.14 bits per heavy atom. The van der Waals surface area contributed by atoms with Crippen molar-refractivity contribution in [2.45, 2.75) is 25.3 Å². The van der Waals surface area contributed by atoms with Crippen LogP contribution in [0.25, 0.3) is 0 Å². The summed E-state index contributed by atoms with van der Waals surface area (Å²) in [6.45, 7) is 2.18. The van der Waals surface area contributed by atoms with Crippen LogP contribution in [0.3, 0.4) is 0 Å². The van der Waals surface area contributed by atoms with E-state index in [1.807, 2.05) is 23.1 Å². The van der Waals surface area contributed by atoms with Gasteiger partial charge in [0.25, 0.3) is 0 Å². The van der Waals surface area contributed by atoms with Crippen molar-refractivity contribution in [3.05, 3.63) is 48.3 Å². The highest BCUT2D eigenvalue weighted by Gasteiger charge is 2.24. The number of benzene rings is 1. The minimum atomic E-state index is 0.0304. The van der Waals surface area contributed by atoms with Crippen LogP contribution in [0.2, 0.25) is 0 Å². The first-order valence-corrected chi connectivity index (χ1v) is 7.75. The Morgan fingerprint density at radius 3 is 2.50 bits per heavy atom. The number of urea groups is 1. The Labute approximate surface area is 130 Å². The predicted octanol–water partition coefficient (Wildman–Crippen LogP) is 1.87. The predicted molar refractivity (Wildman–Crippen MR) is 83.4 cm³/mol. The van der Waals surface area contributed by atoms with E-state index in [2.05, 4.69) is 27.6 Å². The van der Waals surface area contributed by atoms with Gasteiger partial charge >= 0.3 is 6.03 Å². The monoisotopic (exact) mass is 299 g/mol. The first kappa shape index (κ1) is 14.6. The number of hydrogen-bond donors (Lipinski definition) is 1. The number of hydrogen-bond acceptors (Lipinski definition) is 3. The molecule has 1 aromatic carbocycles. The lowest BCUT2D eigenvalue weighted by atomic mass is 10.1. The molecule has 6 heteroatoms. The molecule has 0 radical (unpaired) electrons. The summed E-state index contributed by atoms with van der Waals surface area (Å²) in [5, 5.41) is 11.4. The standard InChI is InChI=1S/C16H21N5O/c22-16(17-9-6-14-4-2-1-3-5-14)20-12-7-15(8-13-20)21-18-10-11-19-21/h1-5,10-11,15H,6-9,12-13H2,(H,17,22). The van der Waals surface area contributed by atoms with Gasteiger partial charge in [0.05, 0.1) is 18.4 Å². The third-order valence-electron chi connectivity index (χ3n) is 4.05. The van der Waals surface area contributed by atoms with Gasteiger partial charge < -0.3 is 10.2 Å². The number of carbonyl (C=O) groups excluding carboxylic acids is 1. The molecule has 1 aromatic heterocycles. The molecule has 1 aliphatic heterocycles. The number of rotatable bonds is 4. The van der Waals surface area contributed by atoms with Crippen LogP contribution in [0.4, 0.5) is 4.79 Å². The Hall–Kier alpha value is -2.37. The Kier molecular flexibility index (Phi) is 4.68. The highest BCUT2D eigenvalue weighted by molar-refractivity contribution is 5.74. The Bertz CT molecular complexity index is 576. The zero-order valence-corrected chi connectivity index (χ0v) is 12.6. The fourth-order valence-corrected chi connectivity index (χ4v) is 2.78. The second kappa shape index (κ2) is 7.06. The lowest BCUT2D eigenvalue weighted by molar-refractivity contribution is 0.164.